The van der Waals surface area contributed by atoms with Gasteiger partial charge in [-0.1, -0.05) is 59.8 Å². The molecule has 2 aromatic carbocycles. The Bertz CT molecular complexity index is 893. The standard InChI is InChI=1S/C22H26N4O2S/c1-18-7-9-20(10-8-18)28-15-16-29-22-24-23-21(25-11-13-27-14-12-25)26(22)17-19-5-3-2-4-6-19/h2-10H,11-17H2,1H3. The monoisotopic (exact) mass is 410 g/mol. The Labute approximate surface area is 175 Å². The fourth-order valence-corrected chi connectivity index (χ4v) is 3.97. The first-order valence-corrected chi connectivity index (χ1v) is 10.9. The second kappa shape index (κ2) is 9.80. The molecule has 0 N–H and O–H groups in total. The SMILES string of the molecule is Cc1ccc(OCCSc2nnc(N3CCOCC3)n2Cc2ccccc2)cc1. The Kier molecular flexibility index (Phi) is 6.69. The molecule has 152 valence electrons. The smallest absolute Gasteiger partial charge is 0.228 e. The van der Waals surface area contributed by atoms with Crippen molar-refractivity contribution >= 4 is 17.7 Å². The van der Waals surface area contributed by atoms with Crippen LogP contribution in [0.5, 0.6) is 5.75 Å². The second-order valence-corrected chi connectivity index (χ2v) is 8.03. The Morgan fingerprint density at radius 1 is 1.00 bits per heavy atom. The van der Waals surface area contributed by atoms with Gasteiger partial charge in [0.15, 0.2) is 5.16 Å². The summed E-state index contributed by atoms with van der Waals surface area (Å²) in [5.74, 6) is 2.62. The van der Waals surface area contributed by atoms with E-state index in [4.69, 9.17) is 9.47 Å². The van der Waals surface area contributed by atoms with E-state index in [-0.39, 0.29) is 0 Å². The fraction of sp³-hybridized carbons (Fsp3) is 0.364. The third kappa shape index (κ3) is 5.31. The van der Waals surface area contributed by atoms with Gasteiger partial charge < -0.3 is 14.4 Å². The van der Waals surface area contributed by atoms with E-state index in [0.717, 1.165) is 55.5 Å². The van der Waals surface area contributed by atoms with Crippen molar-refractivity contribution in [2.24, 2.45) is 0 Å². The molecule has 0 amide bonds. The number of aromatic nitrogens is 3. The molecule has 1 saturated heterocycles. The van der Waals surface area contributed by atoms with E-state index in [1.807, 2.05) is 18.2 Å². The Hall–Kier alpha value is -2.51. The van der Waals surface area contributed by atoms with E-state index in [9.17, 15) is 0 Å². The van der Waals surface area contributed by atoms with Gasteiger partial charge in [0.2, 0.25) is 5.95 Å². The van der Waals surface area contributed by atoms with Crippen molar-refractivity contribution in [1.29, 1.82) is 0 Å². The molecule has 0 saturated carbocycles. The van der Waals surface area contributed by atoms with Gasteiger partial charge in [-0.15, -0.1) is 10.2 Å². The van der Waals surface area contributed by atoms with E-state index in [0.29, 0.717) is 6.61 Å². The summed E-state index contributed by atoms with van der Waals surface area (Å²) < 4.78 is 13.6. The average Bonchev–Trinajstić information content (AvgIpc) is 3.16. The highest BCUT2D eigenvalue weighted by Crippen LogP contribution is 2.24. The van der Waals surface area contributed by atoms with Crippen molar-refractivity contribution in [3.05, 3.63) is 65.7 Å². The van der Waals surface area contributed by atoms with Gasteiger partial charge in [-0.2, -0.15) is 0 Å². The van der Waals surface area contributed by atoms with Crippen LogP contribution in [-0.2, 0) is 11.3 Å². The summed E-state index contributed by atoms with van der Waals surface area (Å²) in [6.45, 7) is 6.59. The summed E-state index contributed by atoms with van der Waals surface area (Å²) in [5.41, 5.74) is 2.47. The third-order valence-electron chi connectivity index (χ3n) is 4.78. The van der Waals surface area contributed by atoms with Crippen LogP contribution in [0.1, 0.15) is 11.1 Å². The normalized spacial score (nSPS) is 14.2. The summed E-state index contributed by atoms with van der Waals surface area (Å²) in [6.07, 6.45) is 0. The van der Waals surface area contributed by atoms with Crippen LogP contribution in [0.4, 0.5) is 5.95 Å². The molecule has 4 rings (SSSR count). The summed E-state index contributed by atoms with van der Waals surface area (Å²) in [4.78, 5) is 2.26. The lowest BCUT2D eigenvalue weighted by molar-refractivity contribution is 0.121. The Morgan fingerprint density at radius 2 is 1.76 bits per heavy atom. The van der Waals surface area contributed by atoms with E-state index in [2.05, 4.69) is 63.0 Å². The minimum Gasteiger partial charge on any atom is -0.493 e. The number of rotatable bonds is 8. The van der Waals surface area contributed by atoms with Gasteiger partial charge in [0.05, 0.1) is 26.4 Å². The number of benzene rings is 2. The zero-order valence-corrected chi connectivity index (χ0v) is 17.5. The summed E-state index contributed by atoms with van der Waals surface area (Å²) in [6, 6.07) is 18.6. The van der Waals surface area contributed by atoms with Crippen LogP contribution >= 0.6 is 11.8 Å². The van der Waals surface area contributed by atoms with Crippen molar-refractivity contribution in [2.75, 3.05) is 43.6 Å². The van der Waals surface area contributed by atoms with Crippen LogP contribution < -0.4 is 9.64 Å². The number of ether oxygens (including phenoxy) is 2. The molecule has 6 nitrogen and oxygen atoms in total. The predicted molar refractivity (Wildman–Crippen MR) is 116 cm³/mol. The van der Waals surface area contributed by atoms with Gasteiger partial charge in [-0.25, -0.2) is 0 Å². The predicted octanol–water partition coefficient (Wildman–Crippen LogP) is 3.64. The minimum absolute atomic E-state index is 0.624. The van der Waals surface area contributed by atoms with Gasteiger partial charge in [-0.05, 0) is 24.6 Å². The van der Waals surface area contributed by atoms with Gasteiger partial charge in [-0.3, -0.25) is 4.57 Å². The highest BCUT2D eigenvalue weighted by Gasteiger charge is 2.20. The lowest BCUT2D eigenvalue weighted by atomic mass is 10.2. The molecule has 0 bridgehead atoms. The number of thioether (sulfide) groups is 1. The van der Waals surface area contributed by atoms with Crippen LogP contribution in [-0.4, -0.2) is 53.4 Å². The van der Waals surface area contributed by atoms with Crippen molar-refractivity contribution < 1.29 is 9.47 Å². The van der Waals surface area contributed by atoms with Gasteiger partial charge in [0.1, 0.15) is 5.75 Å². The molecule has 0 unspecified atom stereocenters. The van der Waals surface area contributed by atoms with E-state index < -0.39 is 0 Å². The molecule has 7 heteroatoms. The largest absolute Gasteiger partial charge is 0.493 e. The molecule has 0 spiro atoms. The van der Waals surface area contributed by atoms with Crippen LogP contribution in [0.15, 0.2) is 59.8 Å². The molecule has 29 heavy (non-hydrogen) atoms. The van der Waals surface area contributed by atoms with E-state index >= 15 is 0 Å². The van der Waals surface area contributed by atoms with E-state index in [1.165, 1.54) is 11.1 Å². The quantitative estimate of drug-likeness (QED) is 0.417. The Balaban J connectivity index is 1.43. The molecule has 3 aromatic rings. The molecule has 1 fully saturated rings. The van der Waals surface area contributed by atoms with Gasteiger partial charge in [0, 0.05) is 18.8 Å². The Morgan fingerprint density at radius 3 is 2.52 bits per heavy atom. The number of anilines is 1. The molecule has 0 aliphatic carbocycles. The van der Waals surface area contributed by atoms with Crippen LogP contribution in [0.25, 0.3) is 0 Å². The molecular formula is C22H26N4O2S. The number of nitrogens with zero attached hydrogens (tertiary/aromatic N) is 4. The van der Waals surface area contributed by atoms with Gasteiger partial charge >= 0.3 is 0 Å². The molecule has 0 atom stereocenters. The zero-order valence-electron chi connectivity index (χ0n) is 16.7. The van der Waals surface area contributed by atoms with Crippen LogP contribution in [0.2, 0.25) is 0 Å². The lowest BCUT2D eigenvalue weighted by Crippen LogP contribution is -2.38. The maximum atomic E-state index is 5.86. The van der Waals surface area contributed by atoms with Crippen LogP contribution in [0, 0.1) is 6.92 Å². The molecule has 1 aliphatic rings. The fourth-order valence-electron chi connectivity index (χ4n) is 3.22. The second-order valence-electron chi connectivity index (χ2n) is 6.96. The molecular weight excluding hydrogens is 384 g/mol. The summed E-state index contributed by atoms with van der Waals surface area (Å²) in [7, 11) is 0. The number of aryl methyl sites for hydroxylation is 1. The van der Waals surface area contributed by atoms with Crippen LogP contribution in [0.3, 0.4) is 0 Å². The number of hydrogen-bond acceptors (Lipinski definition) is 6. The van der Waals surface area contributed by atoms with Gasteiger partial charge in [0.25, 0.3) is 0 Å². The first kappa shape index (κ1) is 19.8. The maximum Gasteiger partial charge on any atom is 0.228 e. The summed E-state index contributed by atoms with van der Waals surface area (Å²) >= 11 is 1.68. The first-order valence-electron chi connectivity index (χ1n) is 9.92. The average molecular weight is 411 g/mol. The minimum atomic E-state index is 0.624. The van der Waals surface area contributed by atoms with Crippen molar-refractivity contribution in [3.8, 4) is 5.75 Å². The molecule has 1 aromatic heterocycles. The highest BCUT2D eigenvalue weighted by atomic mass is 32.2. The molecule has 0 radical (unpaired) electrons. The molecule has 1 aliphatic heterocycles. The topological polar surface area (TPSA) is 52.4 Å². The lowest BCUT2D eigenvalue weighted by Gasteiger charge is -2.28. The highest BCUT2D eigenvalue weighted by molar-refractivity contribution is 7.99. The van der Waals surface area contributed by atoms with E-state index in [1.54, 1.807) is 11.8 Å². The van der Waals surface area contributed by atoms with Crippen molar-refractivity contribution in [1.82, 2.24) is 14.8 Å². The summed E-state index contributed by atoms with van der Waals surface area (Å²) in [5, 5.41) is 9.91. The van der Waals surface area contributed by atoms with Crippen molar-refractivity contribution in [2.45, 2.75) is 18.6 Å². The maximum absolute atomic E-state index is 5.86. The molecule has 2 heterocycles. The zero-order chi connectivity index (χ0) is 19.9. The first-order chi connectivity index (χ1) is 14.3. The third-order valence-corrected chi connectivity index (χ3v) is 5.71. The van der Waals surface area contributed by atoms with Crippen molar-refractivity contribution in [3.63, 3.8) is 0 Å². The number of morpholine rings is 1. The number of hydrogen-bond donors (Lipinski definition) is 0.